The Kier molecular flexibility index (Phi) is 5.17. The summed E-state index contributed by atoms with van der Waals surface area (Å²) in [7, 11) is -0.370. The number of benzene rings is 4. The monoisotopic (exact) mass is 402 g/mol. The fourth-order valence-electron chi connectivity index (χ4n) is 3.70. The summed E-state index contributed by atoms with van der Waals surface area (Å²) < 4.78 is 5.27. The Morgan fingerprint density at radius 1 is 0.613 bits per heavy atom. The van der Waals surface area contributed by atoms with Gasteiger partial charge in [-0.15, -0.1) is 0 Å². The van der Waals surface area contributed by atoms with E-state index in [0.717, 1.165) is 38.9 Å². The minimum Gasteiger partial charge on any atom is -0.539 e. The van der Waals surface area contributed by atoms with Gasteiger partial charge in [0.1, 0.15) is 5.75 Å². The lowest BCUT2D eigenvalue weighted by Crippen LogP contribution is -2.00. The minimum atomic E-state index is -0.370. The molecule has 4 aromatic carbocycles. The first-order valence-electron chi connectivity index (χ1n) is 10.1. The van der Waals surface area contributed by atoms with Gasteiger partial charge in [-0.05, 0) is 35.4 Å². The van der Waals surface area contributed by atoms with E-state index in [0.29, 0.717) is 11.6 Å². The van der Waals surface area contributed by atoms with Crippen molar-refractivity contribution >= 4 is 18.6 Å². The first-order chi connectivity index (χ1) is 15.3. The van der Waals surface area contributed by atoms with Crippen LogP contribution in [0.2, 0.25) is 0 Å². The molecule has 0 spiro atoms. The van der Waals surface area contributed by atoms with E-state index < -0.39 is 0 Å². The molecule has 0 fully saturated rings. The number of nitrogens with zero attached hydrogens (tertiary/aromatic N) is 2. The van der Waals surface area contributed by atoms with Crippen molar-refractivity contribution in [2.75, 3.05) is 0 Å². The Labute approximate surface area is 181 Å². The van der Waals surface area contributed by atoms with Gasteiger partial charge in [-0.3, -0.25) is 0 Å². The van der Waals surface area contributed by atoms with Crippen LogP contribution in [-0.2, 0) is 0 Å². The molecule has 0 radical (unpaired) electrons. The van der Waals surface area contributed by atoms with Gasteiger partial charge in [0.25, 0.3) is 0 Å². The standard InChI is InChI=1S/C26H19BN2O2/c30-27-31-22-13-7-11-20(17-22)25-23-14-4-5-15-24(23)28-26(29-25)21-12-6-10-19(16-21)18-8-2-1-3-9-18/h1-17,27,30H. The molecule has 148 valence electrons. The summed E-state index contributed by atoms with van der Waals surface area (Å²) in [4.78, 5) is 9.79. The van der Waals surface area contributed by atoms with Crippen LogP contribution >= 0.6 is 0 Å². The topological polar surface area (TPSA) is 55.2 Å². The van der Waals surface area contributed by atoms with Crippen molar-refractivity contribution < 1.29 is 9.68 Å². The molecule has 5 aromatic rings. The SMILES string of the molecule is OBOc1cccc(-c2nc(-c3cccc(-c4ccccc4)c3)nc3ccccc23)c1. The van der Waals surface area contributed by atoms with E-state index in [-0.39, 0.29) is 7.69 Å². The number of para-hydroxylation sites is 1. The van der Waals surface area contributed by atoms with E-state index >= 15 is 0 Å². The van der Waals surface area contributed by atoms with E-state index in [4.69, 9.17) is 19.6 Å². The average Bonchev–Trinajstić information content (AvgIpc) is 2.84. The van der Waals surface area contributed by atoms with Crippen LogP contribution < -0.4 is 4.65 Å². The van der Waals surface area contributed by atoms with E-state index in [1.807, 2.05) is 78.9 Å². The fourth-order valence-corrected chi connectivity index (χ4v) is 3.70. The van der Waals surface area contributed by atoms with Gasteiger partial charge in [0, 0.05) is 16.5 Å². The number of aromatic nitrogens is 2. The quantitative estimate of drug-likeness (QED) is 0.407. The average molecular weight is 402 g/mol. The van der Waals surface area contributed by atoms with E-state index in [1.54, 1.807) is 0 Å². The summed E-state index contributed by atoms with van der Waals surface area (Å²) in [6.07, 6.45) is 0. The Bertz CT molecular complexity index is 1360. The van der Waals surface area contributed by atoms with Crippen LogP contribution in [0.25, 0.3) is 44.7 Å². The lowest BCUT2D eigenvalue weighted by molar-refractivity contribution is 0.454. The van der Waals surface area contributed by atoms with Crippen LogP contribution in [0.4, 0.5) is 0 Å². The summed E-state index contributed by atoms with van der Waals surface area (Å²) in [5, 5.41) is 10.1. The predicted octanol–water partition coefficient (Wildman–Crippen LogP) is 5.27. The van der Waals surface area contributed by atoms with Gasteiger partial charge in [0.15, 0.2) is 5.82 Å². The Morgan fingerprint density at radius 2 is 1.32 bits per heavy atom. The molecule has 0 aliphatic heterocycles. The van der Waals surface area contributed by atoms with Crippen LogP contribution in [0.5, 0.6) is 5.75 Å². The van der Waals surface area contributed by atoms with Crippen molar-refractivity contribution in [3.05, 3.63) is 103 Å². The third kappa shape index (κ3) is 3.91. The molecular formula is C26H19BN2O2. The van der Waals surface area contributed by atoms with Crippen molar-refractivity contribution in [2.45, 2.75) is 0 Å². The zero-order valence-electron chi connectivity index (χ0n) is 16.8. The van der Waals surface area contributed by atoms with Gasteiger partial charge in [0.2, 0.25) is 0 Å². The normalized spacial score (nSPS) is 10.7. The first kappa shape index (κ1) is 19.0. The zero-order valence-corrected chi connectivity index (χ0v) is 16.8. The Balaban J connectivity index is 1.67. The predicted molar refractivity (Wildman–Crippen MR) is 126 cm³/mol. The maximum atomic E-state index is 9.12. The van der Waals surface area contributed by atoms with Gasteiger partial charge in [-0.2, -0.15) is 0 Å². The number of hydrogen-bond acceptors (Lipinski definition) is 4. The van der Waals surface area contributed by atoms with Gasteiger partial charge >= 0.3 is 7.69 Å². The molecule has 4 nitrogen and oxygen atoms in total. The molecule has 1 N–H and O–H groups in total. The molecule has 0 saturated heterocycles. The summed E-state index contributed by atoms with van der Waals surface area (Å²) >= 11 is 0. The summed E-state index contributed by atoms with van der Waals surface area (Å²) in [5.74, 6) is 1.26. The highest BCUT2D eigenvalue weighted by Gasteiger charge is 2.12. The molecule has 0 bridgehead atoms. The second kappa shape index (κ2) is 8.42. The Morgan fingerprint density at radius 3 is 2.19 bits per heavy atom. The molecule has 1 aromatic heterocycles. The lowest BCUT2D eigenvalue weighted by atomic mass is 10.0. The molecule has 0 aliphatic carbocycles. The molecule has 5 rings (SSSR count). The highest BCUT2D eigenvalue weighted by atomic mass is 16.5. The van der Waals surface area contributed by atoms with Gasteiger partial charge in [-0.1, -0.05) is 78.9 Å². The van der Waals surface area contributed by atoms with Crippen LogP contribution in [-0.4, -0.2) is 22.7 Å². The maximum absolute atomic E-state index is 9.12. The van der Waals surface area contributed by atoms with E-state index in [2.05, 4.69) is 24.3 Å². The van der Waals surface area contributed by atoms with Crippen molar-refractivity contribution in [2.24, 2.45) is 0 Å². The van der Waals surface area contributed by atoms with Crippen LogP contribution in [0, 0.1) is 0 Å². The van der Waals surface area contributed by atoms with Gasteiger partial charge in [-0.25, -0.2) is 9.97 Å². The molecule has 1 heterocycles. The second-order valence-corrected chi connectivity index (χ2v) is 7.16. The van der Waals surface area contributed by atoms with Crippen molar-refractivity contribution in [3.8, 4) is 39.5 Å². The van der Waals surface area contributed by atoms with Crippen molar-refractivity contribution in [1.29, 1.82) is 0 Å². The van der Waals surface area contributed by atoms with Gasteiger partial charge in [0.05, 0.1) is 11.2 Å². The minimum absolute atomic E-state index is 0.370. The number of fused-ring (bicyclic) bond motifs is 1. The third-order valence-corrected chi connectivity index (χ3v) is 5.17. The summed E-state index contributed by atoms with van der Waals surface area (Å²) in [6.45, 7) is 0. The van der Waals surface area contributed by atoms with Gasteiger partial charge < -0.3 is 9.68 Å². The molecule has 0 amide bonds. The zero-order chi connectivity index (χ0) is 21.0. The Hall–Kier alpha value is -3.96. The molecular weight excluding hydrogens is 383 g/mol. The van der Waals surface area contributed by atoms with E-state index in [1.165, 1.54) is 0 Å². The summed E-state index contributed by atoms with van der Waals surface area (Å²) in [5.41, 5.74) is 5.84. The number of hydrogen-bond donors (Lipinski definition) is 1. The molecule has 31 heavy (non-hydrogen) atoms. The third-order valence-electron chi connectivity index (χ3n) is 5.17. The van der Waals surface area contributed by atoms with Crippen molar-refractivity contribution in [3.63, 3.8) is 0 Å². The fraction of sp³-hybridized carbons (Fsp3) is 0. The highest BCUT2D eigenvalue weighted by Crippen LogP contribution is 2.32. The number of rotatable bonds is 5. The molecule has 5 heteroatoms. The van der Waals surface area contributed by atoms with Crippen LogP contribution in [0.15, 0.2) is 103 Å². The van der Waals surface area contributed by atoms with Crippen LogP contribution in [0.3, 0.4) is 0 Å². The highest BCUT2D eigenvalue weighted by molar-refractivity contribution is 6.17. The summed E-state index contributed by atoms with van der Waals surface area (Å²) in [6, 6.07) is 34.1. The van der Waals surface area contributed by atoms with Crippen LogP contribution in [0.1, 0.15) is 0 Å². The van der Waals surface area contributed by atoms with E-state index in [9.17, 15) is 0 Å². The molecule has 0 saturated carbocycles. The lowest BCUT2D eigenvalue weighted by Gasteiger charge is -2.11. The largest absolute Gasteiger partial charge is 0.539 e. The van der Waals surface area contributed by atoms with Crippen molar-refractivity contribution in [1.82, 2.24) is 9.97 Å². The molecule has 0 unspecified atom stereocenters. The maximum Gasteiger partial charge on any atom is 0.504 e. The molecule has 0 aliphatic rings. The smallest absolute Gasteiger partial charge is 0.504 e. The first-order valence-corrected chi connectivity index (χ1v) is 10.1. The molecule has 0 atom stereocenters. The second-order valence-electron chi connectivity index (χ2n) is 7.16.